The lowest BCUT2D eigenvalue weighted by Gasteiger charge is -2.32. The van der Waals surface area contributed by atoms with E-state index in [1.54, 1.807) is 11.8 Å². The second kappa shape index (κ2) is 6.74. The molecule has 23 heavy (non-hydrogen) atoms. The molecular formula is C15H18N4O4. The number of aromatic nitrogens is 3. The van der Waals surface area contributed by atoms with Gasteiger partial charge >= 0.3 is 0 Å². The minimum Gasteiger partial charge on any atom is -0.438 e. The molecule has 1 amide bonds. The Bertz CT molecular complexity index is 739. The second-order valence-electron chi connectivity index (χ2n) is 5.45. The molecule has 8 nitrogen and oxygen atoms in total. The summed E-state index contributed by atoms with van der Waals surface area (Å²) in [6.45, 7) is 3.24. The van der Waals surface area contributed by atoms with Gasteiger partial charge in [-0.3, -0.25) is 9.59 Å². The van der Waals surface area contributed by atoms with E-state index in [2.05, 4.69) is 15.0 Å². The molecule has 2 aromatic heterocycles. The average molecular weight is 318 g/mol. The van der Waals surface area contributed by atoms with Crippen LogP contribution in [0.3, 0.4) is 0 Å². The van der Waals surface area contributed by atoms with Gasteiger partial charge in [-0.2, -0.15) is 0 Å². The van der Waals surface area contributed by atoms with Crippen LogP contribution in [0.5, 0.6) is 0 Å². The van der Waals surface area contributed by atoms with Gasteiger partial charge in [-0.05, 0) is 19.8 Å². The van der Waals surface area contributed by atoms with Crippen LogP contribution in [-0.4, -0.2) is 51.6 Å². The average Bonchev–Trinajstić information content (AvgIpc) is 2.99. The number of nitrogens with one attached hydrogen (secondary N) is 1. The molecule has 1 aliphatic rings. The fourth-order valence-electron chi connectivity index (χ4n) is 2.58. The third kappa shape index (κ3) is 3.65. The fraction of sp³-hybridized carbons (Fsp3) is 0.467. The first-order valence-corrected chi connectivity index (χ1v) is 7.48. The summed E-state index contributed by atoms with van der Waals surface area (Å²) in [4.78, 5) is 35.9. The molecule has 3 heterocycles. The molecular weight excluding hydrogens is 300 g/mol. The largest absolute Gasteiger partial charge is 0.438 e. The molecule has 0 radical (unpaired) electrons. The van der Waals surface area contributed by atoms with Gasteiger partial charge < -0.3 is 19.0 Å². The maximum Gasteiger partial charge on any atom is 0.291 e. The first-order valence-electron chi connectivity index (χ1n) is 7.48. The molecule has 0 aliphatic carbocycles. The number of oxazole rings is 1. The van der Waals surface area contributed by atoms with E-state index < -0.39 is 0 Å². The van der Waals surface area contributed by atoms with E-state index in [-0.39, 0.29) is 23.3 Å². The summed E-state index contributed by atoms with van der Waals surface area (Å²) in [5.74, 6) is 0.115. The van der Waals surface area contributed by atoms with Gasteiger partial charge in [0.1, 0.15) is 0 Å². The van der Waals surface area contributed by atoms with E-state index in [0.717, 1.165) is 0 Å². The zero-order valence-electron chi connectivity index (χ0n) is 12.8. The number of nitrogens with zero attached hydrogens (tertiary/aromatic N) is 3. The molecule has 122 valence electrons. The lowest BCUT2D eigenvalue weighted by molar-refractivity contribution is -0.0256. The predicted octanol–water partition coefficient (Wildman–Crippen LogP) is 0.540. The molecule has 1 aliphatic heterocycles. The van der Waals surface area contributed by atoms with Crippen molar-refractivity contribution in [2.45, 2.75) is 25.9 Å². The maximum absolute atomic E-state index is 12.4. The van der Waals surface area contributed by atoms with E-state index in [1.165, 1.54) is 18.8 Å². The van der Waals surface area contributed by atoms with Crippen molar-refractivity contribution in [3.8, 4) is 0 Å². The number of rotatable bonds is 4. The minimum absolute atomic E-state index is 0.0861. The highest BCUT2D eigenvalue weighted by Gasteiger charge is 2.27. The Labute approximate surface area is 132 Å². The second-order valence-corrected chi connectivity index (χ2v) is 5.45. The van der Waals surface area contributed by atoms with Crippen LogP contribution < -0.4 is 5.56 Å². The number of hydrogen-bond donors (Lipinski definition) is 1. The molecule has 1 fully saturated rings. The number of hydrogen-bond acceptors (Lipinski definition) is 6. The Morgan fingerprint density at radius 3 is 3.09 bits per heavy atom. The number of amides is 1. The van der Waals surface area contributed by atoms with E-state index in [9.17, 15) is 9.59 Å². The van der Waals surface area contributed by atoms with Crippen LogP contribution in [0.1, 0.15) is 28.4 Å². The van der Waals surface area contributed by atoms with E-state index in [1.807, 2.05) is 0 Å². The topological polar surface area (TPSA) is 101 Å². The summed E-state index contributed by atoms with van der Waals surface area (Å²) >= 11 is 0. The van der Waals surface area contributed by atoms with Crippen LogP contribution in [0.15, 0.2) is 28.0 Å². The predicted molar refractivity (Wildman–Crippen MR) is 80.1 cm³/mol. The number of morpholine rings is 1. The lowest BCUT2D eigenvalue weighted by atomic mass is 10.1. The molecule has 8 heteroatoms. The summed E-state index contributed by atoms with van der Waals surface area (Å²) in [6, 6.07) is 1.48. The van der Waals surface area contributed by atoms with Crippen LogP contribution in [0, 0.1) is 6.92 Å². The Balaban J connectivity index is 1.59. The van der Waals surface area contributed by atoms with Crippen LogP contribution >= 0.6 is 0 Å². The lowest BCUT2D eigenvalue weighted by Crippen LogP contribution is -2.45. The van der Waals surface area contributed by atoms with Crippen molar-refractivity contribution in [1.82, 2.24) is 19.9 Å². The normalized spacial score (nSPS) is 18.1. The quantitative estimate of drug-likeness (QED) is 0.883. The van der Waals surface area contributed by atoms with Crippen molar-refractivity contribution in [3.63, 3.8) is 0 Å². The first-order chi connectivity index (χ1) is 11.1. The Morgan fingerprint density at radius 1 is 1.48 bits per heavy atom. The Kier molecular flexibility index (Phi) is 4.52. The molecule has 0 saturated carbocycles. The third-order valence-corrected chi connectivity index (χ3v) is 3.82. The van der Waals surface area contributed by atoms with Gasteiger partial charge in [-0.1, -0.05) is 0 Å². The number of carbonyl (C=O) groups is 1. The molecule has 2 aromatic rings. The summed E-state index contributed by atoms with van der Waals surface area (Å²) in [5.41, 5.74) is 1.13. The monoisotopic (exact) mass is 318 g/mol. The van der Waals surface area contributed by atoms with Crippen molar-refractivity contribution in [1.29, 1.82) is 0 Å². The highest BCUT2D eigenvalue weighted by molar-refractivity contribution is 5.92. The standard InChI is InChI=1S/C15H18N4O4/c1-10-14(23-9-18-10)15(21)19-4-5-22-12(7-19)3-2-11-6-13(20)17-8-16-11/h6,8-9,12H,2-5,7H2,1H3,(H,16,17,20)/t12-/m1/s1. The number of aryl methyl sites for hydroxylation is 2. The molecule has 1 atom stereocenters. The summed E-state index contributed by atoms with van der Waals surface area (Å²) in [5, 5.41) is 0. The highest BCUT2D eigenvalue weighted by atomic mass is 16.5. The van der Waals surface area contributed by atoms with Gasteiger partial charge in [0, 0.05) is 24.8 Å². The Hall–Kier alpha value is -2.48. The van der Waals surface area contributed by atoms with Crippen LogP contribution in [-0.2, 0) is 11.2 Å². The van der Waals surface area contributed by atoms with E-state index >= 15 is 0 Å². The van der Waals surface area contributed by atoms with Gasteiger partial charge in [0.05, 0.1) is 24.7 Å². The Morgan fingerprint density at radius 2 is 2.35 bits per heavy atom. The molecule has 1 N–H and O–H groups in total. The summed E-state index contributed by atoms with van der Waals surface area (Å²) < 4.78 is 10.9. The number of aromatic amines is 1. The SMILES string of the molecule is Cc1ncoc1C(=O)N1CCO[C@H](CCc2cc(=O)[nH]cn2)C1. The molecule has 0 bridgehead atoms. The molecule has 0 unspecified atom stereocenters. The zero-order valence-corrected chi connectivity index (χ0v) is 12.8. The van der Waals surface area contributed by atoms with Gasteiger partial charge in [0.15, 0.2) is 6.39 Å². The molecule has 1 saturated heterocycles. The van der Waals surface area contributed by atoms with Crippen molar-refractivity contribution < 1.29 is 13.9 Å². The number of carbonyl (C=O) groups excluding carboxylic acids is 1. The van der Waals surface area contributed by atoms with E-state index in [0.29, 0.717) is 43.9 Å². The van der Waals surface area contributed by atoms with Gasteiger partial charge in [0.2, 0.25) is 5.76 Å². The van der Waals surface area contributed by atoms with Gasteiger partial charge in [-0.15, -0.1) is 0 Å². The van der Waals surface area contributed by atoms with Crippen molar-refractivity contribution in [3.05, 3.63) is 46.3 Å². The van der Waals surface area contributed by atoms with Crippen LogP contribution in [0.25, 0.3) is 0 Å². The smallest absolute Gasteiger partial charge is 0.291 e. The van der Waals surface area contributed by atoms with Gasteiger partial charge in [0.25, 0.3) is 11.5 Å². The van der Waals surface area contributed by atoms with Crippen molar-refractivity contribution >= 4 is 5.91 Å². The van der Waals surface area contributed by atoms with Crippen molar-refractivity contribution in [2.24, 2.45) is 0 Å². The third-order valence-electron chi connectivity index (χ3n) is 3.82. The molecule has 0 spiro atoms. The van der Waals surface area contributed by atoms with Gasteiger partial charge in [-0.25, -0.2) is 9.97 Å². The van der Waals surface area contributed by atoms with E-state index in [4.69, 9.17) is 9.15 Å². The summed E-state index contributed by atoms with van der Waals surface area (Å²) in [7, 11) is 0. The first kappa shape index (κ1) is 15.4. The zero-order chi connectivity index (χ0) is 16.2. The minimum atomic E-state index is -0.169. The highest BCUT2D eigenvalue weighted by Crippen LogP contribution is 2.15. The van der Waals surface area contributed by atoms with Crippen molar-refractivity contribution in [2.75, 3.05) is 19.7 Å². The van der Waals surface area contributed by atoms with Crippen LogP contribution in [0.4, 0.5) is 0 Å². The molecule has 0 aromatic carbocycles. The summed E-state index contributed by atoms with van der Waals surface area (Å²) in [6.07, 6.45) is 3.89. The fourth-order valence-corrected chi connectivity index (χ4v) is 2.58. The molecule has 3 rings (SSSR count). The maximum atomic E-state index is 12.4. The number of ether oxygens (including phenoxy) is 1. The number of H-pyrrole nitrogens is 1. The van der Waals surface area contributed by atoms with Crippen LogP contribution in [0.2, 0.25) is 0 Å².